The monoisotopic (exact) mass is 1250 g/mol. The zero-order valence-electron chi connectivity index (χ0n) is 52.5. The Balaban J connectivity index is 0.563. The summed E-state index contributed by atoms with van der Waals surface area (Å²) in [6.07, 6.45) is 14.2. The van der Waals surface area contributed by atoms with E-state index in [0.717, 1.165) is 127 Å². The molecule has 1 unspecified atom stereocenters. The number of piperazine rings is 1. The highest BCUT2D eigenvalue weighted by Crippen LogP contribution is 2.41. The number of hydrogen-bond acceptors (Lipinski definition) is 17. The maximum atomic E-state index is 15.8. The highest BCUT2D eigenvalue weighted by Gasteiger charge is 2.45. The minimum absolute atomic E-state index is 0.0192. The maximum absolute atomic E-state index is 15.8. The number of aromatic nitrogens is 3. The van der Waals surface area contributed by atoms with E-state index in [9.17, 15) is 24.0 Å². The van der Waals surface area contributed by atoms with Gasteiger partial charge in [0.25, 0.3) is 0 Å². The lowest BCUT2D eigenvalue weighted by atomic mass is 9.82. The van der Waals surface area contributed by atoms with Crippen molar-refractivity contribution in [3.8, 4) is 5.75 Å². The molecule has 7 aliphatic rings. The van der Waals surface area contributed by atoms with Gasteiger partial charge in [-0.05, 0) is 133 Å². The topological polar surface area (TPSA) is 213 Å². The van der Waals surface area contributed by atoms with E-state index in [4.69, 9.17) is 9.72 Å². The molecule has 482 valence electrons. The van der Waals surface area contributed by atoms with Crippen LogP contribution in [0.3, 0.4) is 0 Å². The molecule has 7 fully saturated rings. The zero-order chi connectivity index (χ0) is 62.2. The number of carbonyl (C=O) groups excluding carboxylic acids is 5. The van der Waals surface area contributed by atoms with Crippen molar-refractivity contribution in [2.75, 3.05) is 127 Å². The van der Waals surface area contributed by atoms with Crippen LogP contribution >= 0.6 is 11.3 Å². The number of benzene rings is 2. The van der Waals surface area contributed by atoms with Gasteiger partial charge in [0, 0.05) is 107 Å². The molecule has 20 nitrogen and oxygen atoms in total. The van der Waals surface area contributed by atoms with Crippen LogP contribution in [-0.2, 0) is 25.7 Å². The molecule has 4 aromatic rings. The molecular weight excluding hydrogens is 1150 g/mol. The Hall–Kier alpha value is -6.40. The summed E-state index contributed by atoms with van der Waals surface area (Å²) < 4.78 is 37.4. The summed E-state index contributed by atoms with van der Waals surface area (Å²) in [5.74, 6) is 1.75. The second-order valence-electron chi connectivity index (χ2n) is 27.1. The van der Waals surface area contributed by atoms with E-state index < -0.39 is 23.2 Å². The smallest absolute Gasteiger partial charge is 0.246 e. The molecule has 5 saturated heterocycles. The number of halogens is 2. The fraction of sp³-hybridized carbons (Fsp3) is 0.636. The first-order chi connectivity index (χ1) is 43.0. The fourth-order valence-corrected chi connectivity index (χ4v) is 15.9. The van der Waals surface area contributed by atoms with E-state index in [1.165, 1.54) is 23.5 Å². The molecule has 5 N–H and O–H groups in total. The predicted molar refractivity (Wildman–Crippen MR) is 340 cm³/mol. The lowest BCUT2D eigenvalue weighted by Crippen LogP contribution is -2.66. The molecule has 11 rings (SSSR count). The van der Waals surface area contributed by atoms with Gasteiger partial charge in [-0.25, -0.2) is 23.7 Å². The number of nitrogens with one attached hydrogen (secondary N) is 5. The number of piperidine rings is 2. The molecule has 0 radical (unpaired) electrons. The van der Waals surface area contributed by atoms with E-state index in [2.05, 4.69) is 77.0 Å². The number of ketones is 1. The summed E-state index contributed by atoms with van der Waals surface area (Å²) in [5, 5.41) is 18.2. The molecular formula is C66H92F2N14O6S. The van der Waals surface area contributed by atoms with E-state index >= 15 is 8.78 Å². The number of hydrogen-bond donors (Lipinski definition) is 5. The van der Waals surface area contributed by atoms with Crippen molar-refractivity contribution >= 4 is 58.1 Å². The molecule has 4 amide bonds. The van der Waals surface area contributed by atoms with Crippen LogP contribution in [0.5, 0.6) is 5.75 Å². The number of ether oxygens (including phenoxy) is 1. The molecule has 0 bridgehead atoms. The number of likely N-dealkylation sites (N-methyl/N-ethyl adjacent to an activating group) is 2. The number of thiazole rings is 1. The van der Waals surface area contributed by atoms with Gasteiger partial charge in [-0.1, -0.05) is 45.2 Å². The summed E-state index contributed by atoms with van der Waals surface area (Å²) in [7, 11) is 3.92. The summed E-state index contributed by atoms with van der Waals surface area (Å²) in [4.78, 5) is 93.5. The molecule has 5 atom stereocenters. The highest BCUT2D eigenvalue weighted by atomic mass is 32.1. The van der Waals surface area contributed by atoms with Gasteiger partial charge in [0.15, 0.2) is 0 Å². The Morgan fingerprint density at radius 1 is 0.865 bits per heavy atom. The van der Waals surface area contributed by atoms with Crippen LogP contribution in [0.2, 0.25) is 0 Å². The molecule has 5 aliphatic heterocycles. The first-order valence-electron chi connectivity index (χ1n) is 32.7. The maximum Gasteiger partial charge on any atom is 0.246 e. The lowest BCUT2D eigenvalue weighted by Gasteiger charge is -2.48. The Morgan fingerprint density at radius 3 is 2.40 bits per heavy atom. The third-order valence-corrected chi connectivity index (χ3v) is 21.2. The SMILES string of the molecule is CNCC(=O)N[C@H](C(=O)N1CCC[C@H]1c1nc(C(=O)c2cccc(OCCNC(=O)CCN3C[C@H]4CC(N(C)CCNc5cc(N6CCC7(CC6)CN(c6cc(F)c(CN8CCC(C)(C)CC8)cc6F)CC(=O)N7)ncn5)C[C@H]4C3)c2)cs1)C1CCCCC1. The van der Waals surface area contributed by atoms with Crippen molar-refractivity contribution in [3.63, 3.8) is 0 Å². The molecule has 2 aliphatic carbocycles. The lowest BCUT2D eigenvalue weighted by molar-refractivity contribution is -0.139. The van der Waals surface area contributed by atoms with Gasteiger partial charge in [-0.2, -0.15) is 0 Å². The molecule has 23 heteroatoms. The first-order valence-corrected chi connectivity index (χ1v) is 33.6. The van der Waals surface area contributed by atoms with Gasteiger partial charge in [0.2, 0.25) is 29.4 Å². The number of nitrogens with zero attached hydrogens (tertiary/aromatic N) is 9. The molecule has 2 aromatic heterocycles. The van der Waals surface area contributed by atoms with Crippen LogP contribution in [0.25, 0.3) is 0 Å². The minimum Gasteiger partial charge on any atom is -0.492 e. The number of carbonyl (C=O) groups is 5. The van der Waals surface area contributed by atoms with Gasteiger partial charge in [-0.15, -0.1) is 11.3 Å². The Bertz CT molecular complexity index is 3110. The molecule has 7 heterocycles. The second kappa shape index (κ2) is 28.8. The van der Waals surface area contributed by atoms with Crippen molar-refractivity contribution in [2.24, 2.45) is 23.2 Å². The predicted octanol–water partition coefficient (Wildman–Crippen LogP) is 6.63. The van der Waals surface area contributed by atoms with E-state index in [1.54, 1.807) is 47.9 Å². The highest BCUT2D eigenvalue weighted by molar-refractivity contribution is 7.10. The molecule has 89 heavy (non-hydrogen) atoms. The average Bonchev–Trinajstić information content (AvgIpc) is 3.35. The van der Waals surface area contributed by atoms with Crippen LogP contribution in [0.4, 0.5) is 26.1 Å². The van der Waals surface area contributed by atoms with E-state index in [0.29, 0.717) is 106 Å². The summed E-state index contributed by atoms with van der Waals surface area (Å²) in [5.41, 5.74) is 0.946. The molecule has 2 aromatic carbocycles. The molecule has 1 spiro atoms. The Morgan fingerprint density at radius 2 is 1.64 bits per heavy atom. The largest absolute Gasteiger partial charge is 0.492 e. The van der Waals surface area contributed by atoms with Crippen LogP contribution in [0.1, 0.15) is 136 Å². The Labute approximate surface area is 527 Å². The quantitative estimate of drug-likeness (QED) is 0.0368. The van der Waals surface area contributed by atoms with Crippen molar-refractivity contribution < 1.29 is 37.5 Å². The Kier molecular flexibility index (Phi) is 20.8. The van der Waals surface area contributed by atoms with Gasteiger partial charge in [-0.3, -0.25) is 28.9 Å². The minimum atomic E-state index is -0.577. The fourth-order valence-electron chi connectivity index (χ4n) is 15.0. The number of rotatable bonds is 24. The summed E-state index contributed by atoms with van der Waals surface area (Å²) in [6.45, 7) is 13.8. The standard InChI is InChI=1S/C66H92F2N14O6S/c1-65(2)16-24-78(25-17-65)39-48-33-52(68)55(34-51(48)67)81-40-60(85)76-66(42-81)18-26-80(27-19-66)57-35-56(72-43-73-57)70-20-28-77(4)49-30-46-37-79(38-47(46)31-49)23-15-58(83)71-21-29-88-50-13-8-12-45(32-50)62(86)53-41-89-63(74-53)54-14-9-22-82(54)64(87)61(75-59(84)36-69-3)44-10-6-5-7-11-44/h8,12-13,32-35,41,43-44,46-47,49,54,61,69H,5-7,9-11,14-31,36-40,42H2,1-4H3,(H,71,83)(H,75,84)(H,76,85)(H,70,72,73)/t46-,47+,49?,54-,61-/m0/s1. The third kappa shape index (κ3) is 16.0. The summed E-state index contributed by atoms with van der Waals surface area (Å²) >= 11 is 1.39. The van der Waals surface area contributed by atoms with Gasteiger partial charge in [0.05, 0.1) is 36.9 Å². The van der Waals surface area contributed by atoms with Crippen LogP contribution < -0.4 is 41.1 Å². The average molecular weight is 1250 g/mol. The van der Waals surface area contributed by atoms with Gasteiger partial charge < -0.3 is 55.8 Å². The van der Waals surface area contributed by atoms with Crippen molar-refractivity contribution in [1.82, 2.24) is 55.8 Å². The van der Waals surface area contributed by atoms with E-state index in [1.807, 2.05) is 11.0 Å². The van der Waals surface area contributed by atoms with Crippen LogP contribution in [0.15, 0.2) is 54.2 Å². The number of likely N-dealkylation sites (tertiary alicyclic amines) is 3. The van der Waals surface area contributed by atoms with Crippen molar-refractivity contribution in [1.29, 1.82) is 0 Å². The van der Waals surface area contributed by atoms with Crippen LogP contribution in [0, 0.1) is 34.8 Å². The van der Waals surface area contributed by atoms with Crippen LogP contribution in [-0.4, -0.2) is 194 Å². The number of amides is 4. The molecule has 2 saturated carbocycles. The summed E-state index contributed by atoms with van der Waals surface area (Å²) in [6, 6.07) is 11.2. The zero-order valence-corrected chi connectivity index (χ0v) is 53.3. The van der Waals surface area contributed by atoms with Gasteiger partial charge in [0.1, 0.15) is 58.7 Å². The third-order valence-electron chi connectivity index (χ3n) is 20.2. The normalized spacial score (nSPS) is 23.4. The second-order valence-corrected chi connectivity index (χ2v) is 28.0. The first kappa shape index (κ1) is 64.1. The van der Waals surface area contributed by atoms with Gasteiger partial charge >= 0.3 is 0 Å². The van der Waals surface area contributed by atoms with E-state index in [-0.39, 0.29) is 72.2 Å². The van der Waals surface area contributed by atoms with Crippen molar-refractivity contribution in [3.05, 3.63) is 87.6 Å². The number of anilines is 3. The number of fused-ring (bicyclic) bond motifs is 1. The van der Waals surface area contributed by atoms with Crippen molar-refractivity contribution in [2.45, 2.75) is 134 Å².